The number of hydrogen-bond donors (Lipinski definition) is 1. The SMILES string of the molecule is Cc1ccc(C(=O)NCC#N)c(Cl)n1. The Balaban J connectivity index is 2.86. The smallest absolute Gasteiger partial charge is 0.255 e. The van der Waals surface area contributed by atoms with E-state index in [0.29, 0.717) is 0 Å². The predicted octanol–water partition coefficient (Wildman–Crippen LogP) is 1.30. The van der Waals surface area contributed by atoms with Gasteiger partial charge in [-0.25, -0.2) is 4.98 Å². The monoisotopic (exact) mass is 209 g/mol. The van der Waals surface area contributed by atoms with E-state index in [1.165, 1.54) is 0 Å². The number of carbonyl (C=O) groups excluding carboxylic acids is 1. The summed E-state index contributed by atoms with van der Waals surface area (Å²) in [7, 11) is 0. The van der Waals surface area contributed by atoms with Crippen molar-refractivity contribution in [2.75, 3.05) is 6.54 Å². The number of carbonyl (C=O) groups is 1. The van der Waals surface area contributed by atoms with Gasteiger partial charge in [-0.05, 0) is 19.1 Å². The van der Waals surface area contributed by atoms with Gasteiger partial charge in [-0.3, -0.25) is 4.79 Å². The molecule has 1 aromatic rings. The summed E-state index contributed by atoms with van der Waals surface area (Å²) >= 11 is 5.75. The van der Waals surface area contributed by atoms with Crippen molar-refractivity contribution in [3.05, 3.63) is 28.5 Å². The van der Waals surface area contributed by atoms with Crippen LogP contribution in [0.1, 0.15) is 16.1 Å². The van der Waals surface area contributed by atoms with Gasteiger partial charge in [0.1, 0.15) is 11.7 Å². The van der Waals surface area contributed by atoms with E-state index in [4.69, 9.17) is 16.9 Å². The molecule has 0 spiro atoms. The summed E-state index contributed by atoms with van der Waals surface area (Å²) in [6.45, 7) is 1.74. The molecule has 1 amide bonds. The van der Waals surface area contributed by atoms with Gasteiger partial charge in [-0.1, -0.05) is 11.6 Å². The first kappa shape index (κ1) is 10.5. The molecular weight excluding hydrogens is 202 g/mol. The van der Waals surface area contributed by atoms with Crippen molar-refractivity contribution >= 4 is 17.5 Å². The summed E-state index contributed by atoms with van der Waals surface area (Å²) in [5.74, 6) is -0.385. The molecule has 1 heterocycles. The summed E-state index contributed by atoms with van der Waals surface area (Å²) in [6.07, 6.45) is 0. The Kier molecular flexibility index (Phi) is 3.43. The molecule has 0 unspecified atom stereocenters. The molecule has 0 bridgehead atoms. The molecule has 0 aromatic carbocycles. The summed E-state index contributed by atoms with van der Waals surface area (Å²) in [5, 5.41) is 10.8. The van der Waals surface area contributed by atoms with Crippen molar-refractivity contribution in [2.24, 2.45) is 0 Å². The van der Waals surface area contributed by atoms with E-state index in [9.17, 15) is 4.79 Å². The first-order valence-corrected chi connectivity index (χ1v) is 4.31. The lowest BCUT2D eigenvalue weighted by Gasteiger charge is -2.03. The van der Waals surface area contributed by atoms with Crippen molar-refractivity contribution in [3.8, 4) is 6.07 Å². The molecule has 1 aromatic heterocycles. The van der Waals surface area contributed by atoms with Crippen molar-refractivity contribution in [2.45, 2.75) is 6.92 Å². The molecule has 0 aliphatic heterocycles. The van der Waals surface area contributed by atoms with Crippen molar-refractivity contribution < 1.29 is 4.79 Å². The zero-order chi connectivity index (χ0) is 10.6. The molecule has 0 atom stereocenters. The van der Waals surface area contributed by atoms with Crippen LogP contribution in [0.4, 0.5) is 0 Å². The number of amides is 1. The number of aryl methyl sites for hydroxylation is 1. The molecule has 0 fully saturated rings. The quantitative estimate of drug-likeness (QED) is 0.590. The topological polar surface area (TPSA) is 65.8 Å². The molecule has 0 saturated carbocycles. The summed E-state index contributed by atoms with van der Waals surface area (Å²) in [6, 6.07) is 5.07. The lowest BCUT2D eigenvalue weighted by Crippen LogP contribution is -2.24. The van der Waals surface area contributed by atoms with Gasteiger partial charge < -0.3 is 5.32 Å². The summed E-state index contributed by atoms with van der Waals surface area (Å²) in [5.41, 5.74) is 1.03. The van der Waals surface area contributed by atoms with Crippen LogP contribution in [0, 0.1) is 18.3 Å². The second-order valence-electron chi connectivity index (χ2n) is 2.63. The minimum absolute atomic E-state index is 0.0387. The zero-order valence-corrected chi connectivity index (χ0v) is 8.30. The van der Waals surface area contributed by atoms with Gasteiger partial charge in [-0.15, -0.1) is 0 Å². The van der Waals surface area contributed by atoms with Crippen LogP contribution in [0.5, 0.6) is 0 Å². The van der Waals surface area contributed by atoms with Crippen molar-refractivity contribution in [3.63, 3.8) is 0 Å². The van der Waals surface area contributed by atoms with Crippen LogP contribution in [-0.4, -0.2) is 17.4 Å². The highest BCUT2D eigenvalue weighted by Gasteiger charge is 2.10. The van der Waals surface area contributed by atoms with Crippen LogP contribution >= 0.6 is 11.6 Å². The van der Waals surface area contributed by atoms with Gasteiger partial charge in [0, 0.05) is 5.69 Å². The number of aromatic nitrogens is 1. The number of halogens is 1. The van der Waals surface area contributed by atoms with E-state index in [1.807, 2.05) is 0 Å². The molecule has 1 rings (SSSR count). The molecular formula is C9H8ClN3O. The Morgan fingerprint density at radius 2 is 2.43 bits per heavy atom. The fourth-order valence-corrected chi connectivity index (χ4v) is 1.19. The molecule has 0 saturated heterocycles. The molecule has 0 radical (unpaired) electrons. The number of hydrogen-bond acceptors (Lipinski definition) is 3. The second kappa shape index (κ2) is 4.58. The average molecular weight is 210 g/mol. The van der Waals surface area contributed by atoms with Crippen LogP contribution in [0.3, 0.4) is 0 Å². The Morgan fingerprint density at radius 3 is 3.00 bits per heavy atom. The lowest BCUT2D eigenvalue weighted by molar-refractivity contribution is 0.0958. The molecule has 0 aliphatic carbocycles. The first-order valence-electron chi connectivity index (χ1n) is 3.93. The van der Waals surface area contributed by atoms with Gasteiger partial charge in [0.05, 0.1) is 11.6 Å². The van der Waals surface area contributed by atoms with Gasteiger partial charge in [0.25, 0.3) is 5.91 Å². The van der Waals surface area contributed by atoms with Crippen LogP contribution in [0.15, 0.2) is 12.1 Å². The van der Waals surface area contributed by atoms with E-state index in [2.05, 4.69) is 10.3 Å². The number of nitriles is 1. The number of nitrogens with one attached hydrogen (secondary N) is 1. The molecule has 14 heavy (non-hydrogen) atoms. The van der Waals surface area contributed by atoms with Gasteiger partial charge >= 0.3 is 0 Å². The van der Waals surface area contributed by atoms with Crippen molar-refractivity contribution in [1.29, 1.82) is 5.26 Å². The second-order valence-corrected chi connectivity index (χ2v) is 2.99. The molecule has 72 valence electrons. The number of nitrogens with zero attached hydrogens (tertiary/aromatic N) is 2. The molecule has 0 aliphatic rings. The maximum absolute atomic E-state index is 11.3. The Bertz CT molecular complexity index is 398. The summed E-state index contributed by atoms with van der Waals surface area (Å²) in [4.78, 5) is 15.3. The average Bonchev–Trinajstić information content (AvgIpc) is 2.14. The highest BCUT2D eigenvalue weighted by molar-refractivity contribution is 6.32. The molecule has 5 heteroatoms. The Morgan fingerprint density at radius 1 is 1.71 bits per heavy atom. The normalized spacial score (nSPS) is 9.21. The zero-order valence-electron chi connectivity index (χ0n) is 7.54. The Hall–Kier alpha value is -1.60. The number of rotatable bonds is 2. The first-order chi connectivity index (χ1) is 6.65. The van der Waals surface area contributed by atoms with Crippen LogP contribution in [-0.2, 0) is 0 Å². The standard InChI is InChI=1S/C9H8ClN3O/c1-6-2-3-7(8(10)13-6)9(14)12-5-4-11/h2-3H,5H2,1H3,(H,12,14). The molecule has 4 nitrogen and oxygen atoms in total. The fraction of sp³-hybridized carbons (Fsp3) is 0.222. The molecule has 1 N–H and O–H groups in total. The van der Waals surface area contributed by atoms with Crippen LogP contribution in [0.2, 0.25) is 5.15 Å². The maximum atomic E-state index is 11.3. The predicted molar refractivity (Wildman–Crippen MR) is 51.9 cm³/mol. The summed E-state index contributed by atoms with van der Waals surface area (Å²) < 4.78 is 0. The maximum Gasteiger partial charge on any atom is 0.255 e. The third kappa shape index (κ3) is 2.44. The van der Waals surface area contributed by atoms with E-state index < -0.39 is 0 Å². The lowest BCUT2D eigenvalue weighted by atomic mass is 10.2. The van der Waals surface area contributed by atoms with Gasteiger partial charge in [0.15, 0.2) is 0 Å². The fourth-order valence-electron chi connectivity index (χ4n) is 0.909. The van der Waals surface area contributed by atoms with E-state index in [1.54, 1.807) is 25.1 Å². The third-order valence-electron chi connectivity index (χ3n) is 1.56. The third-order valence-corrected chi connectivity index (χ3v) is 1.85. The Labute approximate surface area is 86.5 Å². The minimum atomic E-state index is -0.385. The van der Waals surface area contributed by atoms with E-state index in [0.717, 1.165) is 5.69 Å². The highest BCUT2D eigenvalue weighted by Crippen LogP contribution is 2.12. The highest BCUT2D eigenvalue weighted by atomic mass is 35.5. The van der Waals surface area contributed by atoms with E-state index >= 15 is 0 Å². The van der Waals surface area contributed by atoms with E-state index in [-0.39, 0.29) is 23.2 Å². The minimum Gasteiger partial charge on any atom is -0.339 e. The van der Waals surface area contributed by atoms with Gasteiger partial charge in [0.2, 0.25) is 0 Å². The van der Waals surface area contributed by atoms with Crippen LogP contribution in [0.25, 0.3) is 0 Å². The van der Waals surface area contributed by atoms with Gasteiger partial charge in [-0.2, -0.15) is 5.26 Å². The van der Waals surface area contributed by atoms with Crippen LogP contribution < -0.4 is 5.32 Å². The number of pyridine rings is 1. The largest absolute Gasteiger partial charge is 0.339 e. The van der Waals surface area contributed by atoms with Crippen molar-refractivity contribution in [1.82, 2.24) is 10.3 Å².